The van der Waals surface area contributed by atoms with Crippen LogP contribution < -0.4 is 14.7 Å². The van der Waals surface area contributed by atoms with Gasteiger partial charge in [-0.15, -0.1) is 0 Å². The number of benzene rings is 9. The van der Waals surface area contributed by atoms with E-state index in [1.54, 1.807) is 11.3 Å². The van der Waals surface area contributed by atoms with Gasteiger partial charge in [-0.05, 0) is 174 Å². The first-order valence-corrected chi connectivity index (χ1v) is 28.8. The summed E-state index contributed by atoms with van der Waals surface area (Å²) < 4.78 is 2.45. The van der Waals surface area contributed by atoms with E-state index >= 15 is 0 Å². The lowest BCUT2D eigenvalue weighted by atomic mass is 9.79. The summed E-state index contributed by atoms with van der Waals surface area (Å²) in [4.78, 5) is 7.91. The molecule has 1 fully saturated rings. The number of hydrogen-bond acceptors (Lipinski definition) is 3. The van der Waals surface area contributed by atoms with Crippen LogP contribution in [0.3, 0.4) is 0 Å². The first-order chi connectivity index (χ1) is 38.7. The maximum atomic E-state index is 2.75. The minimum absolute atomic E-state index is 0.393. The zero-order chi connectivity index (χ0) is 51.3. The van der Waals surface area contributed by atoms with Crippen molar-refractivity contribution in [3.05, 3.63) is 264 Å². The number of allylic oxidation sites excluding steroid dienone is 7. The maximum absolute atomic E-state index is 2.75. The molecule has 4 heteroatoms. The Labute approximate surface area is 457 Å². The Hall–Kier alpha value is -8.60. The molecule has 9 aromatic carbocycles. The van der Waals surface area contributed by atoms with E-state index in [9.17, 15) is 0 Å². The monoisotopic (exact) mass is 1010 g/mol. The van der Waals surface area contributed by atoms with Crippen molar-refractivity contribution in [3.8, 4) is 16.8 Å². The lowest BCUT2D eigenvalue weighted by Crippen LogP contribution is -2.36. The van der Waals surface area contributed by atoms with Gasteiger partial charge in [-0.1, -0.05) is 164 Å². The molecule has 78 heavy (non-hydrogen) atoms. The van der Waals surface area contributed by atoms with E-state index in [2.05, 4.69) is 244 Å². The average Bonchev–Trinajstić information content (AvgIpc) is 4.13. The number of nitrogens with zero attached hydrogens (tertiary/aromatic N) is 4. The molecule has 378 valence electrons. The quantitative estimate of drug-likeness (QED) is 0.158. The van der Waals surface area contributed by atoms with Crippen LogP contribution in [0.5, 0.6) is 0 Å². The predicted molar refractivity (Wildman–Crippen MR) is 328 cm³/mol. The summed E-state index contributed by atoms with van der Waals surface area (Å²) in [5, 5.41) is 7.76. The zero-order valence-corrected chi connectivity index (χ0v) is 44.2. The van der Waals surface area contributed by atoms with E-state index in [0.717, 1.165) is 70.9 Å². The number of para-hydroxylation sites is 1. The number of anilines is 4. The molecule has 3 unspecified atom stereocenters. The van der Waals surface area contributed by atoms with Crippen LogP contribution in [0.4, 0.5) is 22.7 Å². The number of aryl methyl sites for hydroxylation is 1. The minimum Gasteiger partial charge on any atom is -0.342 e. The molecule has 16 rings (SSSR count). The van der Waals surface area contributed by atoms with Gasteiger partial charge in [-0.2, -0.15) is 0 Å². The van der Waals surface area contributed by atoms with E-state index in [1.165, 1.54) is 116 Å². The van der Waals surface area contributed by atoms with Crippen LogP contribution in [0, 0.1) is 5.92 Å². The van der Waals surface area contributed by atoms with E-state index in [4.69, 9.17) is 0 Å². The smallest absolute Gasteiger partial charge is 0.0541 e. The Bertz CT molecular complexity index is 4210. The molecule has 0 bridgehead atoms. The van der Waals surface area contributed by atoms with Crippen molar-refractivity contribution >= 4 is 71.7 Å². The molecule has 0 saturated carbocycles. The van der Waals surface area contributed by atoms with Gasteiger partial charge in [0.05, 0.1) is 16.7 Å². The van der Waals surface area contributed by atoms with E-state index in [1.807, 2.05) is 0 Å². The van der Waals surface area contributed by atoms with Crippen LogP contribution in [-0.2, 0) is 6.42 Å². The van der Waals surface area contributed by atoms with Gasteiger partial charge in [0.25, 0.3) is 0 Å². The highest BCUT2D eigenvalue weighted by Gasteiger charge is 2.43. The highest BCUT2D eigenvalue weighted by atomic mass is 15.2. The molecular formula is C74H62N4. The number of rotatable bonds is 7. The van der Waals surface area contributed by atoms with Gasteiger partial charge in [0.15, 0.2) is 0 Å². The molecule has 3 aliphatic heterocycles. The maximum Gasteiger partial charge on any atom is 0.0541 e. The van der Waals surface area contributed by atoms with Crippen molar-refractivity contribution < 1.29 is 0 Å². The Balaban J connectivity index is 0.617. The standard InChI is InChI=1S/C74H62N4/c1-3-19-61-51(13-1)15-9-25-69(61)77-72-24-8-6-22-64(72)66-47-55(34-42-73(66)77)49-27-35-59(36-28-49)75-43-11-17-57-45-53(32-40-67(57)75)54-33-41-68-58(46-54)18-12-44-76(68)60-37-29-50(30-38-60)56-31-39-65-63-21-5-7-23-71(63)78(74(65)48-56)70-26-10-16-52-14-2-4-20-62(52)70/h1-6,8-10,13-16,19-22,24-31,33-38,40-42,45-47,53,65,74H,7,11-12,17-18,23,32,39,43-44,48H2. The molecule has 1 aromatic heterocycles. The molecule has 4 nitrogen and oxygen atoms in total. The Morgan fingerprint density at radius 3 is 1.97 bits per heavy atom. The highest BCUT2D eigenvalue weighted by molar-refractivity contribution is 6.11. The Morgan fingerprint density at radius 1 is 0.462 bits per heavy atom. The number of fused-ring (bicyclic) bond motifs is 9. The molecule has 0 spiro atoms. The predicted octanol–water partition coefficient (Wildman–Crippen LogP) is 18.7. The lowest BCUT2D eigenvalue weighted by molar-refractivity contribution is 0.503. The first kappa shape index (κ1) is 45.6. The highest BCUT2D eigenvalue weighted by Crippen LogP contribution is 2.51. The van der Waals surface area contributed by atoms with Crippen LogP contribution in [0.25, 0.3) is 65.7 Å². The normalized spacial score (nSPS) is 19.9. The summed E-state index contributed by atoms with van der Waals surface area (Å²) in [6.45, 7) is 2.09. The number of hydrogen-bond donors (Lipinski definition) is 0. The van der Waals surface area contributed by atoms with Gasteiger partial charge in [-0.25, -0.2) is 0 Å². The Morgan fingerprint density at radius 2 is 1.14 bits per heavy atom. The summed E-state index contributed by atoms with van der Waals surface area (Å²) in [7, 11) is 0. The molecule has 3 aliphatic carbocycles. The fraction of sp³-hybridized carbons (Fsp3) is 0.189. The molecule has 1 saturated heterocycles. The molecule has 0 amide bonds. The summed E-state index contributed by atoms with van der Waals surface area (Å²) in [6, 6.07) is 73.8. The van der Waals surface area contributed by atoms with Gasteiger partial charge in [0, 0.05) is 86.7 Å². The molecule has 0 radical (unpaired) electrons. The van der Waals surface area contributed by atoms with Crippen LogP contribution in [0.1, 0.15) is 74.0 Å². The van der Waals surface area contributed by atoms with Crippen LogP contribution >= 0.6 is 0 Å². The van der Waals surface area contributed by atoms with Gasteiger partial charge in [0.2, 0.25) is 0 Å². The Kier molecular flexibility index (Phi) is 10.8. The van der Waals surface area contributed by atoms with Gasteiger partial charge >= 0.3 is 0 Å². The van der Waals surface area contributed by atoms with Crippen molar-refractivity contribution in [1.82, 2.24) is 4.57 Å². The second-order valence-corrected chi connectivity index (χ2v) is 22.8. The average molecular weight is 1010 g/mol. The van der Waals surface area contributed by atoms with Crippen molar-refractivity contribution in [3.63, 3.8) is 0 Å². The third-order valence-corrected chi connectivity index (χ3v) is 18.5. The van der Waals surface area contributed by atoms with Gasteiger partial charge in [0.1, 0.15) is 0 Å². The molecule has 4 heterocycles. The van der Waals surface area contributed by atoms with Crippen LogP contribution in [0.2, 0.25) is 0 Å². The fourth-order valence-corrected chi connectivity index (χ4v) is 14.9. The summed E-state index contributed by atoms with van der Waals surface area (Å²) in [6.07, 6.45) is 22.6. The minimum atomic E-state index is 0.393. The third kappa shape index (κ3) is 7.47. The van der Waals surface area contributed by atoms with Crippen molar-refractivity contribution in [1.29, 1.82) is 0 Å². The SMILES string of the molecule is C1=CC2=C(CC1)N(c1cccc3ccccc13)C1CC(c3ccc(N4CCCc5cc(C6C=C7CCCN(c8ccc(-c9ccc%10c(c9)c9ccccc9n%10-c9cccc%10ccccc9%10)cc8)C7=CC6)ccc54)cc3)=CCC21. The summed E-state index contributed by atoms with van der Waals surface area (Å²) in [5.74, 6) is 0.930. The van der Waals surface area contributed by atoms with Gasteiger partial charge in [-0.3, -0.25) is 0 Å². The zero-order valence-electron chi connectivity index (χ0n) is 44.2. The van der Waals surface area contributed by atoms with Crippen LogP contribution in [0.15, 0.2) is 247 Å². The summed E-state index contributed by atoms with van der Waals surface area (Å²) in [5.41, 5.74) is 23.3. The van der Waals surface area contributed by atoms with Crippen molar-refractivity contribution in [2.75, 3.05) is 27.8 Å². The van der Waals surface area contributed by atoms with E-state index < -0.39 is 0 Å². The second-order valence-electron chi connectivity index (χ2n) is 22.8. The van der Waals surface area contributed by atoms with Crippen molar-refractivity contribution in [2.45, 2.75) is 69.7 Å². The fourth-order valence-electron chi connectivity index (χ4n) is 14.9. The van der Waals surface area contributed by atoms with Crippen LogP contribution in [-0.4, -0.2) is 23.7 Å². The molecule has 0 N–H and O–H groups in total. The molecular weight excluding hydrogens is 945 g/mol. The van der Waals surface area contributed by atoms with Gasteiger partial charge < -0.3 is 19.3 Å². The van der Waals surface area contributed by atoms with E-state index in [0.29, 0.717) is 17.9 Å². The summed E-state index contributed by atoms with van der Waals surface area (Å²) >= 11 is 0. The number of piperidine rings is 1. The van der Waals surface area contributed by atoms with E-state index in [-0.39, 0.29) is 0 Å². The van der Waals surface area contributed by atoms with Crippen molar-refractivity contribution in [2.24, 2.45) is 5.92 Å². The second kappa shape index (κ2) is 18.6. The third-order valence-electron chi connectivity index (χ3n) is 18.5. The largest absolute Gasteiger partial charge is 0.342 e. The number of aromatic nitrogens is 1. The molecule has 6 aliphatic rings. The topological polar surface area (TPSA) is 14.7 Å². The molecule has 3 atom stereocenters. The molecule has 10 aromatic rings. The lowest BCUT2D eigenvalue weighted by Gasteiger charge is -2.37. The first-order valence-electron chi connectivity index (χ1n) is 28.8.